The van der Waals surface area contributed by atoms with Gasteiger partial charge in [0.05, 0.1) is 11.6 Å². The molecule has 1 N–H and O–H groups in total. The van der Waals surface area contributed by atoms with Crippen molar-refractivity contribution in [3.63, 3.8) is 0 Å². The van der Waals surface area contributed by atoms with Crippen molar-refractivity contribution >= 4 is 11.7 Å². The van der Waals surface area contributed by atoms with Gasteiger partial charge in [-0.2, -0.15) is 0 Å². The Morgan fingerprint density at radius 2 is 1.73 bits per heavy atom. The van der Waals surface area contributed by atoms with Gasteiger partial charge in [-0.15, -0.1) is 0 Å². The molecule has 1 aromatic carbocycles. The molecule has 2 aromatic rings. The molecule has 1 aliphatic heterocycles. The molecule has 3 rings (SSSR count). The van der Waals surface area contributed by atoms with Crippen molar-refractivity contribution < 1.29 is 19.1 Å². The number of Topliss-reactive ketones (excluding diaryl/α,β-unsaturated/α-hetero) is 1. The van der Waals surface area contributed by atoms with E-state index >= 15 is 0 Å². The maximum atomic E-state index is 13.3. The predicted molar refractivity (Wildman–Crippen MR) is 129 cm³/mol. The Bertz CT molecular complexity index is 1020. The van der Waals surface area contributed by atoms with Crippen LogP contribution in [0.15, 0.2) is 52.1 Å². The minimum atomic E-state index is -0.652. The Kier molecular flexibility index (Phi) is 7.48. The highest BCUT2D eigenvalue weighted by Crippen LogP contribution is 2.39. The third-order valence-electron chi connectivity index (χ3n) is 6.37. The number of benzene rings is 1. The summed E-state index contributed by atoms with van der Waals surface area (Å²) in [6.45, 7) is 15.6. The Morgan fingerprint density at radius 3 is 2.24 bits per heavy atom. The third kappa shape index (κ3) is 5.22. The number of nitrogens with zero attached hydrogens (tertiary/aromatic N) is 2. The normalized spacial score (nSPS) is 16.9. The number of ketones is 1. The van der Waals surface area contributed by atoms with Gasteiger partial charge in [0.1, 0.15) is 5.76 Å². The Morgan fingerprint density at radius 1 is 1.09 bits per heavy atom. The van der Waals surface area contributed by atoms with Crippen molar-refractivity contribution in [2.45, 2.75) is 59.4 Å². The molecule has 6 nitrogen and oxygen atoms in total. The van der Waals surface area contributed by atoms with Crippen LogP contribution >= 0.6 is 0 Å². The second kappa shape index (κ2) is 9.96. The molecule has 0 saturated carbocycles. The molecular weight excluding hydrogens is 416 g/mol. The maximum absolute atomic E-state index is 13.3. The number of hydrogen-bond donors (Lipinski definition) is 1. The number of aryl methyl sites for hydroxylation is 1. The molecule has 1 aromatic heterocycles. The van der Waals surface area contributed by atoms with E-state index in [1.54, 1.807) is 24.0 Å². The monoisotopic (exact) mass is 452 g/mol. The zero-order valence-electron chi connectivity index (χ0n) is 20.6. The highest BCUT2D eigenvalue weighted by Gasteiger charge is 2.44. The first-order valence-corrected chi connectivity index (χ1v) is 11.8. The fraction of sp³-hybridized carbons (Fsp3) is 0.481. The van der Waals surface area contributed by atoms with Crippen molar-refractivity contribution in [3.8, 4) is 0 Å². The lowest BCUT2D eigenvalue weighted by atomic mass is 9.85. The summed E-state index contributed by atoms with van der Waals surface area (Å²) in [4.78, 5) is 30.4. The van der Waals surface area contributed by atoms with E-state index in [1.807, 2.05) is 24.3 Å². The van der Waals surface area contributed by atoms with Gasteiger partial charge in [-0.1, -0.05) is 58.9 Å². The zero-order chi connectivity index (χ0) is 24.3. The molecule has 0 aliphatic carbocycles. The average Bonchev–Trinajstić information content (AvgIpc) is 3.32. The number of hydrogen-bond acceptors (Lipinski definition) is 5. The Balaban J connectivity index is 1.97. The van der Waals surface area contributed by atoms with Crippen molar-refractivity contribution in [2.75, 3.05) is 26.2 Å². The lowest BCUT2D eigenvalue weighted by molar-refractivity contribution is -0.129. The number of furan rings is 1. The molecule has 0 spiro atoms. The highest BCUT2D eigenvalue weighted by atomic mass is 16.3. The van der Waals surface area contributed by atoms with Crippen molar-refractivity contribution in [1.29, 1.82) is 0 Å². The van der Waals surface area contributed by atoms with E-state index in [1.165, 1.54) is 0 Å². The Hall–Kier alpha value is -2.86. The van der Waals surface area contributed by atoms with Gasteiger partial charge in [0, 0.05) is 6.54 Å². The fourth-order valence-electron chi connectivity index (χ4n) is 4.32. The van der Waals surface area contributed by atoms with Crippen LogP contribution in [0.2, 0.25) is 0 Å². The van der Waals surface area contributed by atoms with Crippen molar-refractivity contribution in [2.24, 2.45) is 0 Å². The van der Waals surface area contributed by atoms with Gasteiger partial charge < -0.3 is 19.3 Å². The molecule has 33 heavy (non-hydrogen) atoms. The maximum Gasteiger partial charge on any atom is 0.290 e. The van der Waals surface area contributed by atoms with Crippen LogP contribution in [0.5, 0.6) is 0 Å². The van der Waals surface area contributed by atoms with Crippen LogP contribution in [0.1, 0.15) is 74.5 Å². The topological polar surface area (TPSA) is 74.0 Å². The zero-order valence-corrected chi connectivity index (χ0v) is 20.6. The largest absolute Gasteiger partial charge is 0.503 e. The number of carbonyl (C=O) groups excluding carboxylic acids is 2. The van der Waals surface area contributed by atoms with E-state index in [4.69, 9.17) is 4.42 Å². The van der Waals surface area contributed by atoms with E-state index in [9.17, 15) is 14.7 Å². The number of aliphatic hydroxyl groups excluding tert-OH is 1. The molecule has 0 bridgehead atoms. The van der Waals surface area contributed by atoms with Gasteiger partial charge in [-0.05, 0) is 61.7 Å². The van der Waals surface area contributed by atoms with Crippen LogP contribution in [0.3, 0.4) is 0 Å². The molecule has 0 fully saturated rings. The van der Waals surface area contributed by atoms with E-state index in [-0.39, 0.29) is 16.7 Å². The first-order chi connectivity index (χ1) is 15.6. The summed E-state index contributed by atoms with van der Waals surface area (Å²) in [6, 6.07) is 10.6. The summed E-state index contributed by atoms with van der Waals surface area (Å²) in [6.07, 6.45) is 0.749. The molecule has 1 atom stereocenters. The molecule has 6 heteroatoms. The predicted octanol–water partition coefficient (Wildman–Crippen LogP) is 5.20. The lowest BCUT2D eigenvalue weighted by Crippen LogP contribution is -2.34. The van der Waals surface area contributed by atoms with Gasteiger partial charge in [0.2, 0.25) is 5.78 Å². The van der Waals surface area contributed by atoms with E-state index in [0.717, 1.165) is 37.2 Å². The fourth-order valence-corrected chi connectivity index (χ4v) is 4.32. The van der Waals surface area contributed by atoms with Gasteiger partial charge in [-0.25, -0.2) is 0 Å². The van der Waals surface area contributed by atoms with Crippen LogP contribution in [0.25, 0.3) is 0 Å². The number of carbonyl (C=O) groups is 2. The molecule has 1 aliphatic rings. The molecule has 0 unspecified atom stereocenters. The van der Waals surface area contributed by atoms with Crippen molar-refractivity contribution in [1.82, 2.24) is 9.80 Å². The summed E-state index contributed by atoms with van der Waals surface area (Å²) >= 11 is 0. The molecule has 0 radical (unpaired) electrons. The van der Waals surface area contributed by atoms with E-state index in [0.29, 0.717) is 12.3 Å². The SMILES string of the molecule is CCN(CC)CCCN1C(=O)C(O)=C(C(=O)c2ccc(C)o2)[C@@H]1c1ccc(C(C)(C)C)cc1. The molecule has 0 saturated heterocycles. The first kappa shape index (κ1) is 24.8. The minimum absolute atomic E-state index is 0.0181. The molecule has 1 amide bonds. The standard InChI is InChI=1S/C27H36N2O4/c1-7-28(8-2)16-9-17-29-23(19-11-13-20(14-12-19)27(4,5)6)22(25(31)26(29)32)24(30)21-15-10-18(3)33-21/h10-15,23,31H,7-9,16-17H2,1-6H3/t23-/m0/s1. The number of aliphatic hydroxyl groups is 1. The first-order valence-electron chi connectivity index (χ1n) is 11.8. The second-order valence-electron chi connectivity index (χ2n) is 9.66. The van der Waals surface area contributed by atoms with Crippen LogP contribution < -0.4 is 0 Å². The number of rotatable bonds is 9. The third-order valence-corrected chi connectivity index (χ3v) is 6.37. The summed E-state index contributed by atoms with van der Waals surface area (Å²) in [5.41, 5.74) is 2.03. The van der Waals surface area contributed by atoms with Crippen LogP contribution in [-0.2, 0) is 10.2 Å². The summed E-state index contributed by atoms with van der Waals surface area (Å²) in [5, 5.41) is 10.8. The average molecular weight is 453 g/mol. The summed E-state index contributed by atoms with van der Waals surface area (Å²) < 4.78 is 5.53. The Labute approximate surface area is 196 Å². The van der Waals surface area contributed by atoms with E-state index in [2.05, 4.69) is 39.5 Å². The lowest BCUT2D eigenvalue weighted by Gasteiger charge is -2.28. The van der Waals surface area contributed by atoms with Crippen LogP contribution in [-0.4, -0.2) is 52.8 Å². The van der Waals surface area contributed by atoms with Crippen LogP contribution in [0, 0.1) is 6.92 Å². The smallest absolute Gasteiger partial charge is 0.290 e. The molecular formula is C27H36N2O4. The second-order valence-corrected chi connectivity index (χ2v) is 9.66. The minimum Gasteiger partial charge on any atom is -0.503 e. The van der Waals surface area contributed by atoms with Gasteiger partial charge in [0.25, 0.3) is 5.91 Å². The van der Waals surface area contributed by atoms with Gasteiger partial charge in [-0.3, -0.25) is 9.59 Å². The number of amides is 1. The van der Waals surface area contributed by atoms with E-state index < -0.39 is 23.5 Å². The van der Waals surface area contributed by atoms with Crippen LogP contribution in [0.4, 0.5) is 0 Å². The summed E-state index contributed by atoms with van der Waals surface area (Å²) in [5.74, 6) is -0.717. The highest BCUT2D eigenvalue weighted by molar-refractivity contribution is 6.15. The van der Waals surface area contributed by atoms with Crippen molar-refractivity contribution in [3.05, 3.63) is 70.4 Å². The molecule has 178 valence electrons. The molecule has 2 heterocycles. The quantitative estimate of drug-likeness (QED) is 0.530. The van der Waals surface area contributed by atoms with Gasteiger partial charge in [0.15, 0.2) is 11.5 Å². The van der Waals surface area contributed by atoms with Gasteiger partial charge >= 0.3 is 0 Å². The summed E-state index contributed by atoms with van der Waals surface area (Å²) in [7, 11) is 0.